The molecular weight excluding hydrogens is 422 g/mol. The van der Waals surface area contributed by atoms with Crippen molar-refractivity contribution in [1.82, 2.24) is 4.98 Å². The minimum Gasteiger partial charge on any atom is -0.459 e. The molecule has 0 radical (unpaired) electrons. The van der Waals surface area contributed by atoms with E-state index in [0.29, 0.717) is 0 Å². The van der Waals surface area contributed by atoms with Crippen molar-refractivity contribution in [3.8, 4) is 0 Å². The van der Waals surface area contributed by atoms with Gasteiger partial charge in [-0.1, -0.05) is 6.08 Å². The summed E-state index contributed by atoms with van der Waals surface area (Å²) in [4.78, 5) is 40.6. The summed E-state index contributed by atoms with van der Waals surface area (Å²) in [5.41, 5.74) is 1.49. The average molecular weight is 450 g/mol. The van der Waals surface area contributed by atoms with Crippen LogP contribution in [0.3, 0.4) is 0 Å². The fourth-order valence-electron chi connectivity index (χ4n) is 2.74. The van der Waals surface area contributed by atoms with Crippen molar-refractivity contribution in [2.45, 2.75) is 65.0 Å². The minimum atomic E-state index is -1.20. The van der Waals surface area contributed by atoms with E-state index in [9.17, 15) is 19.5 Å². The van der Waals surface area contributed by atoms with E-state index in [2.05, 4.69) is 4.98 Å². The van der Waals surface area contributed by atoms with Gasteiger partial charge in [-0.25, -0.2) is 14.6 Å². The highest BCUT2D eigenvalue weighted by molar-refractivity contribution is 7.09. The third kappa shape index (κ3) is 8.47. The van der Waals surface area contributed by atoms with Crippen LogP contribution in [0.2, 0.25) is 0 Å². The summed E-state index contributed by atoms with van der Waals surface area (Å²) >= 11 is 1.51. The highest BCUT2D eigenvalue weighted by Crippen LogP contribution is 2.18. The van der Waals surface area contributed by atoms with Gasteiger partial charge in [0.2, 0.25) is 0 Å². The standard InChI is InChI=1S/C22H27NO7S/c1-13(10-17-12-31-16(4)23-17)19-6-5-7-20(25)28-14(2)11-22(27)29-15(3)18(24)8-9-21(26)30-19/h5,7-10,12,14-15,18-19,24H,6,11H2,1-4H3/b7-5+,9-8+,13-10+/t14-,15-,18+,19+/m0/s1. The van der Waals surface area contributed by atoms with Crippen LogP contribution in [0.1, 0.15) is 44.3 Å². The number of aliphatic hydroxyl groups excluding tert-OH is 1. The van der Waals surface area contributed by atoms with E-state index in [1.165, 1.54) is 30.4 Å². The third-order valence-corrected chi connectivity index (χ3v) is 5.17. The maximum absolute atomic E-state index is 12.3. The lowest BCUT2D eigenvalue weighted by molar-refractivity contribution is -0.157. The smallest absolute Gasteiger partial charge is 0.331 e. The van der Waals surface area contributed by atoms with Gasteiger partial charge in [0.05, 0.1) is 17.1 Å². The molecule has 1 aliphatic heterocycles. The molecule has 0 fully saturated rings. The highest BCUT2D eigenvalue weighted by atomic mass is 32.1. The zero-order valence-electron chi connectivity index (χ0n) is 17.9. The van der Waals surface area contributed by atoms with E-state index < -0.39 is 42.3 Å². The van der Waals surface area contributed by atoms with Crippen LogP contribution in [-0.2, 0) is 28.6 Å². The van der Waals surface area contributed by atoms with E-state index in [0.717, 1.165) is 22.4 Å². The number of cyclic esters (lactones) is 3. The molecule has 4 atom stereocenters. The highest BCUT2D eigenvalue weighted by Gasteiger charge is 2.21. The molecule has 0 aromatic carbocycles. The van der Waals surface area contributed by atoms with Crippen molar-refractivity contribution < 1.29 is 33.7 Å². The number of hydrogen-bond donors (Lipinski definition) is 1. The van der Waals surface area contributed by atoms with Crippen LogP contribution in [-0.4, -0.2) is 52.4 Å². The summed E-state index contributed by atoms with van der Waals surface area (Å²) in [6.07, 6.45) is 3.54. The van der Waals surface area contributed by atoms with Gasteiger partial charge in [-0.3, -0.25) is 4.79 Å². The molecule has 0 saturated carbocycles. The first-order valence-electron chi connectivity index (χ1n) is 9.88. The van der Waals surface area contributed by atoms with Crippen LogP contribution in [0.5, 0.6) is 0 Å². The predicted octanol–water partition coefficient (Wildman–Crippen LogP) is 2.90. The fraction of sp³-hybridized carbons (Fsp3) is 0.455. The Balaban J connectivity index is 2.24. The number of carbonyl (C=O) groups is 3. The molecule has 9 heteroatoms. The van der Waals surface area contributed by atoms with Crippen molar-refractivity contribution in [3.05, 3.63) is 46.0 Å². The van der Waals surface area contributed by atoms with Gasteiger partial charge in [-0.2, -0.15) is 0 Å². The number of carbonyl (C=O) groups excluding carboxylic acids is 3. The Morgan fingerprint density at radius 3 is 2.55 bits per heavy atom. The van der Waals surface area contributed by atoms with Crippen molar-refractivity contribution in [3.63, 3.8) is 0 Å². The maximum atomic E-state index is 12.3. The number of hydrogen-bond acceptors (Lipinski definition) is 9. The summed E-state index contributed by atoms with van der Waals surface area (Å²) in [6, 6.07) is 0. The summed E-state index contributed by atoms with van der Waals surface area (Å²) < 4.78 is 15.8. The van der Waals surface area contributed by atoms with Gasteiger partial charge in [0.25, 0.3) is 0 Å². The second kappa shape index (κ2) is 11.6. The minimum absolute atomic E-state index is 0.153. The number of aryl methyl sites for hydroxylation is 1. The van der Waals surface area contributed by atoms with Crippen LogP contribution in [0.4, 0.5) is 0 Å². The number of rotatable bonds is 2. The molecule has 1 aromatic rings. The van der Waals surface area contributed by atoms with E-state index in [4.69, 9.17) is 14.2 Å². The predicted molar refractivity (Wildman–Crippen MR) is 115 cm³/mol. The normalized spacial score (nSPS) is 28.9. The molecule has 31 heavy (non-hydrogen) atoms. The van der Waals surface area contributed by atoms with Crippen LogP contribution in [0.25, 0.3) is 6.08 Å². The molecule has 0 amide bonds. The van der Waals surface area contributed by atoms with Gasteiger partial charge in [0.15, 0.2) is 0 Å². The second-order valence-electron chi connectivity index (χ2n) is 7.24. The van der Waals surface area contributed by atoms with E-state index in [1.54, 1.807) is 19.9 Å². The zero-order valence-corrected chi connectivity index (χ0v) is 18.8. The van der Waals surface area contributed by atoms with Gasteiger partial charge in [0, 0.05) is 24.0 Å². The van der Waals surface area contributed by atoms with Crippen molar-refractivity contribution in [2.75, 3.05) is 0 Å². The molecule has 168 valence electrons. The van der Waals surface area contributed by atoms with Crippen molar-refractivity contribution >= 4 is 35.3 Å². The lowest BCUT2D eigenvalue weighted by Crippen LogP contribution is -2.29. The molecule has 1 aliphatic rings. The van der Waals surface area contributed by atoms with Gasteiger partial charge in [0.1, 0.15) is 24.4 Å². The fourth-order valence-corrected chi connectivity index (χ4v) is 3.31. The first-order valence-corrected chi connectivity index (χ1v) is 10.8. The van der Waals surface area contributed by atoms with Crippen LogP contribution >= 0.6 is 11.3 Å². The monoisotopic (exact) mass is 449 g/mol. The lowest BCUT2D eigenvalue weighted by Gasteiger charge is -2.19. The van der Waals surface area contributed by atoms with Gasteiger partial charge < -0.3 is 19.3 Å². The molecule has 0 saturated heterocycles. The van der Waals surface area contributed by atoms with Crippen LogP contribution in [0, 0.1) is 6.92 Å². The van der Waals surface area contributed by atoms with E-state index in [1.807, 2.05) is 18.4 Å². The Morgan fingerprint density at radius 1 is 1.16 bits per heavy atom. The number of ether oxygens (including phenoxy) is 3. The molecular formula is C22H27NO7S. The number of aliphatic hydroxyl groups is 1. The lowest BCUT2D eigenvalue weighted by atomic mass is 10.1. The molecule has 0 bridgehead atoms. The number of thiazole rings is 1. The maximum Gasteiger partial charge on any atom is 0.331 e. The Bertz CT molecular complexity index is 886. The Hall–Kier alpha value is -2.78. The van der Waals surface area contributed by atoms with Crippen LogP contribution < -0.4 is 0 Å². The molecule has 2 rings (SSSR count). The summed E-state index contributed by atoms with van der Waals surface area (Å²) in [7, 11) is 0. The Morgan fingerprint density at radius 2 is 1.87 bits per heavy atom. The summed E-state index contributed by atoms with van der Waals surface area (Å²) in [5.74, 6) is -1.93. The van der Waals surface area contributed by atoms with Gasteiger partial charge in [-0.15, -0.1) is 11.3 Å². The molecule has 8 nitrogen and oxygen atoms in total. The van der Waals surface area contributed by atoms with Crippen molar-refractivity contribution in [2.24, 2.45) is 0 Å². The second-order valence-corrected chi connectivity index (χ2v) is 8.30. The van der Waals surface area contributed by atoms with E-state index in [-0.39, 0.29) is 12.8 Å². The number of esters is 3. The first-order chi connectivity index (χ1) is 14.6. The van der Waals surface area contributed by atoms with E-state index >= 15 is 0 Å². The van der Waals surface area contributed by atoms with Crippen molar-refractivity contribution in [1.29, 1.82) is 0 Å². The molecule has 0 unspecified atom stereocenters. The third-order valence-electron chi connectivity index (χ3n) is 4.38. The quantitative estimate of drug-likeness (QED) is 0.542. The van der Waals surface area contributed by atoms with Gasteiger partial charge in [-0.05, 0) is 45.4 Å². The number of aromatic nitrogens is 1. The molecule has 2 heterocycles. The Kier molecular flexibility index (Phi) is 9.14. The van der Waals surface area contributed by atoms with Crippen LogP contribution in [0.15, 0.2) is 35.3 Å². The summed E-state index contributed by atoms with van der Waals surface area (Å²) in [5, 5.41) is 12.9. The largest absolute Gasteiger partial charge is 0.459 e. The van der Waals surface area contributed by atoms with Gasteiger partial charge >= 0.3 is 17.9 Å². The average Bonchev–Trinajstić information content (AvgIpc) is 3.08. The molecule has 1 aromatic heterocycles. The molecule has 0 spiro atoms. The Labute approximate surface area is 185 Å². The zero-order chi connectivity index (χ0) is 23.0. The SMILES string of the molecule is C/C(=C\c1csc(C)n1)[C@H]1C/C=C/C(=O)O[C@@H](C)CC(=O)O[C@@H](C)[C@H](O)/C=C/C(=O)O1. The first kappa shape index (κ1) is 24.5. The number of nitrogens with zero attached hydrogens (tertiary/aromatic N) is 1. The summed E-state index contributed by atoms with van der Waals surface area (Å²) in [6.45, 7) is 6.77. The topological polar surface area (TPSA) is 112 Å². The molecule has 1 N–H and O–H groups in total. The molecule has 0 aliphatic carbocycles.